The Kier molecular flexibility index (Phi) is 3.78. The number of oxazole rings is 1. The molecular weight excluding hydrogens is 282 g/mol. The minimum Gasteiger partial charge on any atom is -0.461 e. The van der Waals surface area contributed by atoms with Crippen LogP contribution < -0.4 is 0 Å². The lowest BCUT2D eigenvalue weighted by molar-refractivity contribution is 0.0520. The number of hydrogen-bond acceptors (Lipinski definition) is 5. The Hall–Kier alpha value is -2.82. The van der Waals surface area contributed by atoms with Gasteiger partial charge in [0.2, 0.25) is 11.7 Å². The monoisotopic (exact) mass is 297 g/mol. The fraction of sp³-hybridized carbons (Fsp3) is 0.176. The van der Waals surface area contributed by atoms with Crippen LogP contribution in [0.4, 0.5) is 0 Å². The molecule has 0 spiro atoms. The highest BCUT2D eigenvalue weighted by atomic mass is 16.5. The summed E-state index contributed by atoms with van der Waals surface area (Å²) in [5.74, 6) is 1.29. The van der Waals surface area contributed by atoms with Crippen LogP contribution in [0.1, 0.15) is 23.2 Å². The molecule has 3 aromatic rings. The summed E-state index contributed by atoms with van der Waals surface area (Å²) in [7, 11) is 0. The number of carbonyl (C=O) groups excluding carboxylic acids is 1. The summed E-state index contributed by atoms with van der Waals surface area (Å²) in [6, 6.07) is 12.9. The van der Waals surface area contributed by atoms with Crippen LogP contribution in [0.3, 0.4) is 0 Å². The van der Waals surface area contributed by atoms with Crippen LogP contribution in [0.2, 0.25) is 0 Å². The smallest absolute Gasteiger partial charge is 0.361 e. The zero-order chi connectivity index (χ0) is 15.5. The van der Waals surface area contributed by atoms with Crippen LogP contribution in [-0.4, -0.2) is 17.6 Å². The molecule has 5 nitrogen and oxygen atoms in total. The normalized spacial score (nSPS) is 10.6. The third-order valence-electron chi connectivity index (χ3n) is 3.08. The predicted octanol–water partition coefficient (Wildman–Crippen LogP) is 4.09. The fourth-order valence-electron chi connectivity index (χ4n) is 2.09. The first-order chi connectivity index (χ1) is 10.7. The van der Waals surface area contributed by atoms with Gasteiger partial charge in [0, 0.05) is 5.56 Å². The predicted molar refractivity (Wildman–Crippen MR) is 80.3 cm³/mol. The standard InChI is InChI=1S/C17H15NO4/c1-3-20-17(19)14-15(13-10-9-11(2)21-13)22-16(18-14)12-7-5-4-6-8-12/h4-10H,3H2,1-2H3. The van der Waals surface area contributed by atoms with E-state index in [1.165, 1.54) is 0 Å². The summed E-state index contributed by atoms with van der Waals surface area (Å²) in [6.07, 6.45) is 0. The van der Waals surface area contributed by atoms with Gasteiger partial charge in [-0.2, -0.15) is 0 Å². The van der Waals surface area contributed by atoms with E-state index in [2.05, 4.69) is 4.98 Å². The van der Waals surface area contributed by atoms with Gasteiger partial charge >= 0.3 is 5.97 Å². The van der Waals surface area contributed by atoms with Crippen molar-refractivity contribution in [3.8, 4) is 23.0 Å². The van der Waals surface area contributed by atoms with Crippen LogP contribution in [0.5, 0.6) is 0 Å². The Morgan fingerprint density at radius 1 is 1.14 bits per heavy atom. The molecule has 0 fully saturated rings. The molecule has 0 unspecified atom stereocenters. The number of carbonyl (C=O) groups is 1. The van der Waals surface area contributed by atoms with Crippen LogP contribution in [0, 0.1) is 6.92 Å². The van der Waals surface area contributed by atoms with Crippen molar-refractivity contribution in [1.29, 1.82) is 0 Å². The second-order valence-corrected chi connectivity index (χ2v) is 4.69. The van der Waals surface area contributed by atoms with Gasteiger partial charge in [-0.15, -0.1) is 0 Å². The van der Waals surface area contributed by atoms with Gasteiger partial charge in [0.1, 0.15) is 5.76 Å². The van der Waals surface area contributed by atoms with E-state index in [0.717, 1.165) is 11.3 Å². The van der Waals surface area contributed by atoms with Crippen LogP contribution in [0.25, 0.3) is 23.0 Å². The molecule has 0 N–H and O–H groups in total. The number of ether oxygens (including phenoxy) is 1. The molecule has 2 aromatic heterocycles. The highest BCUT2D eigenvalue weighted by molar-refractivity contribution is 5.93. The summed E-state index contributed by atoms with van der Waals surface area (Å²) < 4.78 is 16.4. The van der Waals surface area contributed by atoms with Crippen molar-refractivity contribution in [3.05, 3.63) is 53.9 Å². The zero-order valence-electron chi connectivity index (χ0n) is 12.3. The van der Waals surface area contributed by atoms with E-state index < -0.39 is 5.97 Å². The minimum atomic E-state index is -0.530. The third-order valence-corrected chi connectivity index (χ3v) is 3.08. The van der Waals surface area contributed by atoms with Crippen molar-refractivity contribution in [2.45, 2.75) is 13.8 Å². The number of esters is 1. The van der Waals surface area contributed by atoms with E-state index >= 15 is 0 Å². The Morgan fingerprint density at radius 2 is 1.91 bits per heavy atom. The van der Waals surface area contributed by atoms with Crippen molar-refractivity contribution in [2.75, 3.05) is 6.61 Å². The Labute approximate surface area is 127 Å². The number of benzene rings is 1. The van der Waals surface area contributed by atoms with E-state index in [0.29, 0.717) is 11.7 Å². The SMILES string of the molecule is CCOC(=O)c1nc(-c2ccccc2)oc1-c1ccc(C)o1. The molecule has 22 heavy (non-hydrogen) atoms. The van der Waals surface area contributed by atoms with E-state index in [-0.39, 0.29) is 18.1 Å². The number of rotatable bonds is 4. The molecule has 112 valence electrons. The molecule has 0 amide bonds. The van der Waals surface area contributed by atoms with Crippen molar-refractivity contribution < 1.29 is 18.4 Å². The average Bonchev–Trinajstić information content (AvgIpc) is 3.14. The van der Waals surface area contributed by atoms with Gasteiger partial charge in [-0.3, -0.25) is 0 Å². The Balaban J connectivity index is 2.10. The lowest BCUT2D eigenvalue weighted by Gasteiger charge is -1.98. The van der Waals surface area contributed by atoms with Crippen molar-refractivity contribution in [3.63, 3.8) is 0 Å². The van der Waals surface area contributed by atoms with Gasteiger partial charge in [0.05, 0.1) is 6.61 Å². The molecular formula is C17H15NO4. The maximum atomic E-state index is 12.1. The molecule has 0 saturated heterocycles. The first-order valence-corrected chi connectivity index (χ1v) is 6.99. The van der Waals surface area contributed by atoms with Crippen molar-refractivity contribution in [2.24, 2.45) is 0 Å². The minimum absolute atomic E-state index is 0.120. The van der Waals surface area contributed by atoms with Gasteiger partial charge in [-0.05, 0) is 38.1 Å². The average molecular weight is 297 g/mol. The molecule has 3 rings (SSSR count). The van der Waals surface area contributed by atoms with Gasteiger partial charge in [-0.1, -0.05) is 18.2 Å². The van der Waals surface area contributed by atoms with Crippen molar-refractivity contribution >= 4 is 5.97 Å². The maximum absolute atomic E-state index is 12.1. The summed E-state index contributed by atoms with van der Waals surface area (Å²) >= 11 is 0. The molecule has 5 heteroatoms. The van der Waals surface area contributed by atoms with E-state index in [4.69, 9.17) is 13.6 Å². The molecule has 2 heterocycles. The van der Waals surface area contributed by atoms with E-state index in [9.17, 15) is 4.79 Å². The topological polar surface area (TPSA) is 65.5 Å². The molecule has 0 radical (unpaired) electrons. The van der Waals surface area contributed by atoms with Crippen LogP contribution in [-0.2, 0) is 4.74 Å². The molecule has 1 aromatic carbocycles. The Bertz CT molecular complexity index is 786. The second-order valence-electron chi connectivity index (χ2n) is 4.69. The van der Waals surface area contributed by atoms with Gasteiger partial charge in [-0.25, -0.2) is 9.78 Å². The van der Waals surface area contributed by atoms with Crippen molar-refractivity contribution in [1.82, 2.24) is 4.98 Å². The Morgan fingerprint density at radius 3 is 2.55 bits per heavy atom. The summed E-state index contributed by atoms with van der Waals surface area (Å²) in [5.41, 5.74) is 0.901. The summed E-state index contributed by atoms with van der Waals surface area (Å²) in [4.78, 5) is 16.4. The lowest BCUT2D eigenvalue weighted by Crippen LogP contribution is -2.06. The fourth-order valence-corrected chi connectivity index (χ4v) is 2.09. The number of nitrogens with zero attached hydrogens (tertiary/aromatic N) is 1. The zero-order valence-corrected chi connectivity index (χ0v) is 12.3. The molecule has 0 bridgehead atoms. The van der Waals surface area contributed by atoms with Crippen LogP contribution >= 0.6 is 0 Å². The van der Waals surface area contributed by atoms with Gasteiger partial charge in [0.25, 0.3) is 0 Å². The maximum Gasteiger partial charge on any atom is 0.361 e. The molecule has 0 aliphatic heterocycles. The first-order valence-electron chi connectivity index (χ1n) is 6.99. The summed E-state index contributed by atoms with van der Waals surface area (Å²) in [6.45, 7) is 3.83. The van der Waals surface area contributed by atoms with Crippen LogP contribution in [0.15, 0.2) is 51.3 Å². The number of furan rings is 1. The largest absolute Gasteiger partial charge is 0.461 e. The van der Waals surface area contributed by atoms with Gasteiger partial charge < -0.3 is 13.6 Å². The third kappa shape index (κ3) is 2.65. The summed E-state index contributed by atoms with van der Waals surface area (Å²) in [5, 5.41) is 0. The highest BCUT2D eigenvalue weighted by Gasteiger charge is 2.25. The highest BCUT2D eigenvalue weighted by Crippen LogP contribution is 2.31. The quantitative estimate of drug-likeness (QED) is 0.679. The number of hydrogen-bond donors (Lipinski definition) is 0. The van der Waals surface area contributed by atoms with Gasteiger partial charge in [0.15, 0.2) is 11.5 Å². The van der Waals surface area contributed by atoms with E-state index in [1.807, 2.05) is 37.3 Å². The second kappa shape index (κ2) is 5.89. The number of aromatic nitrogens is 1. The first kappa shape index (κ1) is 14.1. The lowest BCUT2D eigenvalue weighted by atomic mass is 10.2. The number of aryl methyl sites for hydroxylation is 1. The molecule has 0 aliphatic rings. The molecule has 0 aliphatic carbocycles. The molecule has 0 atom stereocenters. The molecule has 0 saturated carbocycles. The van der Waals surface area contributed by atoms with E-state index in [1.54, 1.807) is 19.1 Å².